The van der Waals surface area contributed by atoms with Crippen LogP contribution in [0.4, 0.5) is 0 Å². The van der Waals surface area contributed by atoms with Gasteiger partial charge in [-0.2, -0.15) is 4.98 Å². The quantitative estimate of drug-likeness (QED) is 0.832. The van der Waals surface area contributed by atoms with E-state index in [1.807, 2.05) is 20.8 Å². The van der Waals surface area contributed by atoms with Crippen molar-refractivity contribution in [3.05, 3.63) is 11.7 Å². The van der Waals surface area contributed by atoms with E-state index in [1.165, 1.54) is 0 Å². The lowest BCUT2D eigenvalue weighted by Crippen LogP contribution is -2.30. The van der Waals surface area contributed by atoms with E-state index >= 15 is 0 Å². The summed E-state index contributed by atoms with van der Waals surface area (Å²) in [5.74, 6) is -0.375. The summed E-state index contributed by atoms with van der Waals surface area (Å²) < 4.78 is 11.2. The molecule has 0 spiro atoms. The van der Waals surface area contributed by atoms with Crippen molar-refractivity contribution in [1.29, 1.82) is 0 Å². The minimum absolute atomic E-state index is 0.170. The molecule has 6 nitrogen and oxygen atoms in total. The van der Waals surface area contributed by atoms with Crippen LogP contribution in [0.5, 0.6) is 0 Å². The molecule has 2 rings (SSSR count). The molecule has 118 valence electrons. The smallest absolute Gasteiger partial charge is 0.307 e. The number of rotatable bonds is 7. The molecule has 1 aliphatic rings. The summed E-state index contributed by atoms with van der Waals surface area (Å²) in [5.41, 5.74) is -0.534. The summed E-state index contributed by atoms with van der Waals surface area (Å²) in [4.78, 5) is 15.8. The Kier molecular flexibility index (Phi) is 4.98. The third-order valence-electron chi connectivity index (χ3n) is 4.56. The molecule has 0 aromatic carbocycles. The van der Waals surface area contributed by atoms with Crippen LogP contribution in [0.2, 0.25) is 0 Å². The number of aliphatic carboxylic acids is 1. The number of carbonyl (C=O) groups is 1. The van der Waals surface area contributed by atoms with Crippen LogP contribution in [0, 0.1) is 5.92 Å². The lowest BCUT2D eigenvalue weighted by molar-refractivity contribution is -0.142. The molecule has 0 bridgehead atoms. The Morgan fingerprint density at radius 2 is 2.10 bits per heavy atom. The lowest BCUT2D eigenvalue weighted by Gasteiger charge is -2.27. The second kappa shape index (κ2) is 6.56. The molecule has 0 radical (unpaired) electrons. The predicted octanol–water partition coefficient (Wildman–Crippen LogP) is 3.09. The number of ether oxygens (including phenoxy) is 1. The second-order valence-electron chi connectivity index (χ2n) is 5.57. The fourth-order valence-corrected chi connectivity index (χ4v) is 3.23. The van der Waals surface area contributed by atoms with Crippen molar-refractivity contribution >= 4 is 5.97 Å². The maximum Gasteiger partial charge on any atom is 0.307 e. The zero-order valence-electron chi connectivity index (χ0n) is 13.0. The summed E-state index contributed by atoms with van der Waals surface area (Å²) >= 11 is 0. The molecule has 0 saturated heterocycles. The van der Waals surface area contributed by atoms with Gasteiger partial charge < -0.3 is 14.4 Å². The van der Waals surface area contributed by atoms with Crippen LogP contribution in [0.25, 0.3) is 0 Å². The van der Waals surface area contributed by atoms with Crippen LogP contribution >= 0.6 is 0 Å². The van der Waals surface area contributed by atoms with E-state index in [1.54, 1.807) is 0 Å². The first-order valence-electron chi connectivity index (χ1n) is 7.78. The van der Waals surface area contributed by atoms with Gasteiger partial charge in [0.1, 0.15) is 5.60 Å². The molecule has 6 heteroatoms. The number of nitrogens with zero attached hydrogens (tertiary/aromatic N) is 2. The van der Waals surface area contributed by atoms with E-state index in [4.69, 9.17) is 9.26 Å². The van der Waals surface area contributed by atoms with E-state index in [9.17, 15) is 9.90 Å². The van der Waals surface area contributed by atoms with Gasteiger partial charge in [0, 0.05) is 6.61 Å². The number of aromatic nitrogens is 2. The minimum atomic E-state index is -0.778. The van der Waals surface area contributed by atoms with E-state index in [-0.39, 0.29) is 5.92 Å². The zero-order valence-corrected chi connectivity index (χ0v) is 13.0. The van der Waals surface area contributed by atoms with Gasteiger partial charge in [0.05, 0.1) is 11.8 Å². The van der Waals surface area contributed by atoms with Crippen LogP contribution in [0.1, 0.15) is 70.5 Å². The van der Waals surface area contributed by atoms with E-state index in [0.29, 0.717) is 24.7 Å². The van der Waals surface area contributed by atoms with Gasteiger partial charge in [0.2, 0.25) is 11.7 Å². The monoisotopic (exact) mass is 296 g/mol. The molecule has 2 atom stereocenters. The summed E-state index contributed by atoms with van der Waals surface area (Å²) in [6.07, 6.45) is 3.86. The van der Waals surface area contributed by atoms with Crippen molar-refractivity contribution in [2.75, 3.05) is 6.61 Å². The maximum absolute atomic E-state index is 11.3. The molecule has 0 aliphatic heterocycles. The van der Waals surface area contributed by atoms with Crippen molar-refractivity contribution in [2.45, 2.75) is 64.4 Å². The first-order valence-corrected chi connectivity index (χ1v) is 7.78. The van der Waals surface area contributed by atoms with Crippen LogP contribution in [0.15, 0.2) is 4.52 Å². The Bertz CT molecular complexity index is 482. The number of carboxylic acid groups (broad SMARTS) is 1. The normalized spacial score (nSPS) is 22.6. The first kappa shape index (κ1) is 15.9. The maximum atomic E-state index is 11.3. The molecule has 21 heavy (non-hydrogen) atoms. The van der Waals surface area contributed by atoms with Crippen LogP contribution in [-0.4, -0.2) is 27.8 Å². The highest BCUT2D eigenvalue weighted by Gasteiger charge is 2.40. The van der Waals surface area contributed by atoms with Gasteiger partial charge in [0.25, 0.3) is 0 Å². The molecule has 1 aliphatic carbocycles. The minimum Gasteiger partial charge on any atom is -0.481 e. The van der Waals surface area contributed by atoms with Gasteiger partial charge in [-0.15, -0.1) is 0 Å². The average Bonchev–Trinajstić information content (AvgIpc) is 3.12. The number of hydrogen-bond donors (Lipinski definition) is 1. The van der Waals surface area contributed by atoms with E-state index < -0.39 is 17.5 Å². The molecule has 1 fully saturated rings. The van der Waals surface area contributed by atoms with Crippen LogP contribution in [0.3, 0.4) is 0 Å². The summed E-state index contributed by atoms with van der Waals surface area (Å²) in [6, 6.07) is 0. The molecular weight excluding hydrogens is 272 g/mol. The Balaban J connectivity index is 2.26. The van der Waals surface area contributed by atoms with Crippen LogP contribution < -0.4 is 0 Å². The van der Waals surface area contributed by atoms with Gasteiger partial charge in [-0.05, 0) is 32.6 Å². The Morgan fingerprint density at radius 3 is 2.67 bits per heavy atom. The Labute approximate surface area is 124 Å². The number of carboxylic acids is 1. The molecule has 1 saturated carbocycles. The first-order chi connectivity index (χ1) is 10.1. The van der Waals surface area contributed by atoms with Crippen molar-refractivity contribution in [3.63, 3.8) is 0 Å². The molecule has 1 N–H and O–H groups in total. The van der Waals surface area contributed by atoms with Gasteiger partial charge in [-0.3, -0.25) is 4.79 Å². The van der Waals surface area contributed by atoms with Gasteiger partial charge >= 0.3 is 5.97 Å². The van der Waals surface area contributed by atoms with Gasteiger partial charge in [0.15, 0.2) is 0 Å². The highest BCUT2D eigenvalue weighted by molar-refractivity contribution is 5.71. The van der Waals surface area contributed by atoms with E-state index in [2.05, 4.69) is 10.1 Å². The van der Waals surface area contributed by atoms with Gasteiger partial charge in [-0.25, -0.2) is 0 Å². The largest absolute Gasteiger partial charge is 0.481 e. The fourth-order valence-electron chi connectivity index (χ4n) is 3.23. The summed E-state index contributed by atoms with van der Waals surface area (Å²) in [5, 5.41) is 13.4. The van der Waals surface area contributed by atoms with Crippen molar-refractivity contribution in [3.8, 4) is 0 Å². The highest BCUT2D eigenvalue weighted by Crippen LogP contribution is 2.40. The Morgan fingerprint density at radius 1 is 1.38 bits per heavy atom. The predicted molar refractivity (Wildman–Crippen MR) is 75.9 cm³/mol. The highest BCUT2D eigenvalue weighted by atomic mass is 16.5. The molecule has 1 heterocycles. The van der Waals surface area contributed by atoms with Crippen LogP contribution in [-0.2, 0) is 15.1 Å². The topological polar surface area (TPSA) is 85.5 Å². The lowest BCUT2D eigenvalue weighted by atomic mass is 9.95. The van der Waals surface area contributed by atoms with Gasteiger partial charge in [-0.1, -0.05) is 25.4 Å². The van der Waals surface area contributed by atoms with E-state index in [0.717, 1.165) is 25.7 Å². The fraction of sp³-hybridized carbons (Fsp3) is 0.800. The Hall–Kier alpha value is -1.43. The molecule has 1 aromatic heterocycles. The molecule has 0 amide bonds. The third-order valence-corrected chi connectivity index (χ3v) is 4.56. The summed E-state index contributed by atoms with van der Waals surface area (Å²) in [6.45, 7) is 6.58. The SMILES string of the molecule is CCOC(CC)(CC)c1noc(C2CCCC2C(=O)O)n1. The molecule has 1 aromatic rings. The summed E-state index contributed by atoms with van der Waals surface area (Å²) in [7, 11) is 0. The van der Waals surface area contributed by atoms with Crippen molar-refractivity contribution in [2.24, 2.45) is 5.92 Å². The molecule has 2 unspecified atom stereocenters. The average molecular weight is 296 g/mol. The van der Waals surface area contributed by atoms with Crippen molar-refractivity contribution in [1.82, 2.24) is 10.1 Å². The zero-order chi connectivity index (χ0) is 15.5. The standard InChI is InChI=1S/C15H24N2O4/c1-4-15(5-2,20-6-3)14-16-12(21-17-14)10-8-7-9-11(10)13(18)19/h10-11H,4-9H2,1-3H3,(H,18,19). The second-order valence-corrected chi connectivity index (χ2v) is 5.57. The molecular formula is C15H24N2O4. The number of hydrogen-bond acceptors (Lipinski definition) is 5. The van der Waals surface area contributed by atoms with Crippen molar-refractivity contribution < 1.29 is 19.2 Å². The third kappa shape index (κ3) is 2.95.